The van der Waals surface area contributed by atoms with Gasteiger partial charge in [-0.15, -0.1) is 0 Å². The number of hydrogen-bond acceptors (Lipinski definition) is 4. The molecule has 0 amide bonds. The van der Waals surface area contributed by atoms with E-state index in [0.29, 0.717) is 0 Å². The van der Waals surface area contributed by atoms with Gasteiger partial charge in [-0.05, 0) is 35.5 Å². The van der Waals surface area contributed by atoms with Crippen LogP contribution in [-0.2, 0) is 0 Å². The maximum absolute atomic E-state index is 12.6. The maximum atomic E-state index is 12.6. The first-order chi connectivity index (χ1) is 7.11. The van der Waals surface area contributed by atoms with Crippen molar-refractivity contribution in [2.24, 2.45) is 0 Å². The zero-order valence-corrected chi connectivity index (χ0v) is 12.0. The predicted molar refractivity (Wildman–Crippen MR) is 74.4 cm³/mol. The molecule has 15 heavy (non-hydrogen) atoms. The van der Waals surface area contributed by atoms with Gasteiger partial charge in [0.1, 0.15) is 6.67 Å². The van der Waals surface area contributed by atoms with E-state index in [1.54, 1.807) is 23.5 Å². The van der Waals surface area contributed by atoms with Crippen LogP contribution in [0.15, 0.2) is 28.1 Å². The van der Waals surface area contributed by atoms with Gasteiger partial charge in [0.25, 0.3) is 0 Å². The number of thioether (sulfide) groups is 4. The van der Waals surface area contributed by atoms with Gasteiger partial charge in [0.15, 0.2) is 0 Å². The zero-order valence-electron chi connectivity index (χ0n) is 8.72. The van der Waals surface area contributed by atoms with Crippen LogP contribution in [0.3, 0.4) is 0 Å². The van der Waals surface area contributed by atoms with Gasteiger partial charge in [-0.1, -0.05) is 47.0 Å². The Labute approximate surface area is 107 Å². The summed E-state index contributed by atoms with van der Waals surface area (Å²) in [6.45, 7) is 5.95. The summed E-state index contributed by atoms with van der Waals surface area (Å²) in [4.78, 5) is 4.74. The third-order valence-electron chi connectivity index (χ3n) is 2.13. The van der Waals surface area contributed by atoms with Crippen LogP contribution in [0.25, 0.3) is 0 Å². The van der Waals surface area contributed by atoms with Crippen LogP contribution in [-0.4, -0.2) is 6.67 Å². The normalized spacial score (nSPS) is 22.4. The first kappa shape index (κ1) is 12.0. The summed E-state index contributed by atoms with van der Waals surface area (Å²) < 4.78 is 15.2. The van der Waals surface area contributed by atoms with E-state index in [2.05, 4.69) is 13.8 Å². The summed E-state index contributed by atoms with van der Waals surface area (Å²) in [5, 5.41) is 0. The SMILES string of the molecule is CC1=C(C)SC(=C2SC(C)=C(CF)S2)S1. The van der Waals surface area contributed by atoms with E-state index < -0.39 is 0 Å². The van der Waals surface area contributed by atoms with Crippen molar-refractivity contribution in [3.05, 3.63) is 28.1 Å². The third-order valence-corrected chi connectivity index (χ3v) is 7.90. The molecule has 0 aliphatic carbocycles. The van der Waals surface area contributed by atoms with E-state index in [0.717, 1.165) is 9.81 Å². The maximum Gasteiger partial charge on any atom is 0.121 e. The minimum Gasteiger partial charge on any atom is -0.245 e. The smallest absolute Gasteiger partial charge is 0.121 e. The van der Waals surface area contributed by atoms with Gasteiger partial charge in [0.2, 0.25) is 0 Å². The molecule has 0 nitrogen and oxygen atoms in total. The minimum absolute atomic E-state index is 0.332. The van der Waals surface area contributed by atoms with Crippen LogP contribution in [0.1, 0.15) is 20.8 Å². The molecule has 0 saturated carbocycles. The lowest BCUT2D eigenvalue weighted by Crippen LogP contribution is -1.75. The van der Waals surface area contributed by atoms with Crippen molar-refractivity contribution in [2.75, 3.05) is 6.67 Å². The highest BCUT2D eigenvalue weighted by molar-refractivity contribution is 8.34. The van der Waals surface area contributed by atoms with Gasteiger partial charge in [0, 0.05) is 4.91 Å². The van der Waals surface area contributed by atoms with Crippen molar-refractivity contribution in [1.29, 1.82) is 0 Å². The van der Waals surface area contributed by atoms with Gasteiger partial charge in [-0.3, -0.25) is 0 Å². The Kier molecular flexibility index (Phi) is 3.86. The number of rotatable bonds is 1. The Hall–Kier alpha value is 0.550. The first-order valence-corrected chi connectivity index (χ1v) is 7.77. The van der Waals surface area contributed by atoms with Crippen molar-refractivity contribution in [3.8, 4) is 0 Å². The summed E-state index contributed by atoms with van der Waals surface area (Å²) in [6.07, 6.45) is 0. The van der Waals surface area contributed by atoms with E-state index in [1.165, 1.54) is 18.3 Å². The Bertz CT molecular complexity index is 376. The van der Waals surface area contributed by atoms with Gasteiger partial charge in [0.05, 0.1) is 8.47 Å². The predicted octanol–water partition coefficient (Wildman–Crippen LogP) is 5.53. The summed E-state index contributed by atoms with van der Waals surface area (Å²) >= 11 is 6.95. The number of halogens is 1. The van der Waals surface area contributed by atoms with Crippen molar-refractivity contribution in [3.63, 3.8) is 0 Å². The molecule has 0 fully saturated rings. The van der Waals surface area contributed by atoms with Gasteiger partial charge < -0.3 is 0 Å². The fourth-order valence-electron chi connectivity index (χ4n) is 1.13. The molecular weight excluding hydrogens is 267 g/mol. The fraction of sp³-hybridized carbons (Fsp3) is 0.400. The third kappa shape index (κ3) is 2.46. The second kappa shape index (κ2) is 4.82. The molecule has 0 aromatic heterocycles. The molecule has 0 atom stereocenters. The van der Waals surface area contributed by atoms with E-state index in [9.17, 15) is 4.39 Å². The molecule has 2 heterocycles. The molecule has 2 aliphatic heterocycles. The van der Waals surface area contributed by atoms with E-state index in [4.69, 9.17) is 0 Å². The Morgan fingerprint density at radius 2 is 1.27 bits per heavy atom. The average Bonchev–Trinajstić information content (AvgIpc) is 2.71. The Morgan fingerprint density at radius 1 is 0.800 bits per heavy atom. The van der Waals surface area contributed by atoms with Crippen molar-refractivity contribution < 1.29 is 4.39 Å². The Morgan fingerprint density at radius 3 is 1.73 bits per heavy atom. The summed E-state index contributed by atoms with van der Waals surface area (Å²) in [5.41, 5.74) is 0. The lowest BCUT2D eigenvalue weighted by Gasteiger charge is -2.00. The largest absolute Gasteiger partial charge is 0.245 e. The molecule has 2 aliphatic rings. The second-order valence-electron chi connectivity index (χ2n) is 3.21. The number of alkyl halides is 1. The molecule has 5 heteroatoms. The quantitative estimate of drug-likeness (QED) is 0.618. The highest BCUT2D eigenvalue weighted by Crippen LogP contribution is 2.59. The monoisotopic (exact) mass is 278 g/mol. The molecule has 0 spiro atoms. The van der Waals surface area contributed by atoms with Crippen LogP contribution in [0.5, 0.6) is 0 Å². The van der Waals surface area contributed by atoms with Crippen LogP contribution >= 0.6 is 47.0 Å². The van der Waals surface area contributed by atoms with Crippen LogP contribution < -0.4 is 0 Å². The molecule has 0 N–H and O–H groups in total. The van der Waals surface area contributed by atoms with E-state index >= 15 is 0 Å². The number of hydrogen-bond donors (Lipinski definition) is 0. The van der Waals surface area contributed by atoms with E-state index in [-0.39, 0.29) is 6.67 Å². The van der Waals surface area contributed by atoms with Crippen LogP contribution in [0, 0.1) is 0 Å². The van der Waals surface area contributed by atoms with Gasteiger partial charge >= 0.3 is 0 Å². The zero-order chi connectivity index (χ0) is 11.0. The topological polar surface area (TPSA) is 0 Å². The molecule has 2 rings (SSSR count). The molecule has 0 saturated heterocycles. The molecule has 0 bridgehead atoms. The molecule has 0 unspecified atom stereocenters. The molecule has 0 aromatic rings. The molecule has 0 radical (unpaired) electrons. The standard InChI is InChI=1S/C10H11FS4/c1-5-6(2)13-9(12-5)10-14-7(3)8(4-11)15-10/h4H2,1-3H3. The molecule has 0 aromatic carbocycles. The number of allylic oxidation sites excluding steroid dienone is 4. The lowest BCUT2D eigenvalue weighted by molar-refractivity contribution is 0.556. The second-order valence-corrected chi connectivity index (χ2v) is 8.50. The van der Waals surface area contributed by atoms with Crippen LogP contribution in [0.4, 0.5) is 4.39 Å². The first-order valence-electron chi connectivity index (χ1n) is 4.50. The van der Waals surface area contributed by atoms with Crippen molar-refractivity contribution >= 4 is 47.0 Å². The van der Waals surface area contributed by atoms with Gasteiger partial charge in [-0.2, -0.15) is 0 Å². The molecule has 82 valence electrons. The summed E-state index contributed by atoms with van der Waals surface area (Å²) in [7, 11) is 0. The van der Waals surface area contributed by atoms with Crippen molar-refractivity contribution in [1.82, 2.24) is 0 Å². The highest BCUT2D eigenvalue weighted by atomic mass is 32.2. The Balaban J connectivity index is 2.15. The minimum atomic E-state index is -0.332. The average molecular weight is 278 g/mol. The summed E-state index contributed by atoms with van der Waals surface area (Å²) in [6, 6.07) is 0. The lowest BCUT2D eigenvalue weighted by atomic mass is 10.5. The van der Waals surface area contributed by atoms with Gasteiger partial charge in [-0.25, -0.2) is 4.39 Å². The summed E-state index contributed by atoms with van der Waals surface area (Å²) in [5.74, 6) is 0. The van der Waals surface area contributed by atoms with Crippen molar-refractivity contribution in [2.45, 2.75) is 20.8 Å². The van der Waals surface area contributed by atoms with Crippen LogP contribution in [0.2, 0.25) is 0 Å². The fourth-order valence-corrected chi connectivity index (χ4v) is 6.44. The highest BCUT2D eigenvalue weighted by Gasteiger charge is 2.25. The molecular formula is C10H11FS4. The van der Waals surface area contributed by atoms with E-state index in [1.807, 2.05) is 30.4 Å².